The lowest BCUT2D eigenvalue weighted by molar-refractivity contribution is 0.414. The first kappa shape index (κ1) is 16.0. The highest BCUT2D eigenvalue weighted by molar-refractivity contribution is 5.32. The smallest absolute Gasteiger partial charge is 0.227 e. The van der Waals surface area contributed by atoms with Crippen LogP contribution in [0.25, 0.3) is 0 Å². The minimum atomic E-state index is 0.250. The van der Waals surface area contributed by atoms with E-state index in [0.29, 0.717) is 17.8 Å². The van der Waals surface area contributed by atoms with Crippen LogP contribution in [0, 0.1) is 6.92 Å². The van der Waals surface area contributed by atoms with Gasteiger partial charge >= 0.3 is 0 Å². The number of methoxy groups -OCH3 is 1. The molecule has 0 saturated heterocycles. The number of nitrogens with one attached hydrogen (secondary N) is 1. The molecule has 0 aliphatic rings. The highest BCUT2D eigenvalue weighted by Gasteiger charge is 2.09. The van der Waals surface area contributed by atoms with Gasteiger partial charge in [-0.1, -0.05) is 19.1 Å². The molecule has 0 fully saturated rings. The summed E-state index contributed by atoms with van der Waals surface area (Å²) in [5.74, 6) is 2.30. The van der Waals surface area contributed by atoms with E-state index in [1.54, 1.807) is 7.11 Å². The topological polar surface area (TPSA) is 86.0 Å². The van der Waals surface area contributed by atoms with Gasteiger partial charge in [-0.05, 0) is 43.9 Å². The Kier molecular flexibility index (Phi) is 5.52. The van der Waals surface area contributed by atoms with Crippen LogP contribution in [-0.4, -0.2) is 28.1 Å². The summed E-state index contributed by atoms with van der Waals surface area (Å²) in [6.45, 7) is 3.95. The molecule has 1 aromatic heterocycles. The third kappa shape index (κ3) is 4.58. The zero-order chi connectivity index (χ0) is 15.9. The van der Waals surface area contributed by atoms with E-state index in [1.807, 2.05) is 19.1 Å². The standard InChI is InChI=1S/C16H23N5O/c1-4-13(20-16-19-11(2)18-15(17)21-16)8-5-12-6-9-14(22-3)10-7-12/h6-7,9-10,13H,4-5,8H2,1-3H3,(H3,17,18,19,20,21). The van der Waals surface area contributed by atoms with E-state index in [-0.39, 0.29) is 5.95 Å². The maximum atomic E-state index is 5.65. The van der Waals surface area contributed by atoms with Crippen LogP contribution in [0.3, 0.4) is 0 Å². The molecule has 6 heteroatoms. The number of nitrogens with two attached hydrogens (primary N) is 1. The quantitative estimate of drug-likeness (QED) is 0.817. The molecule has 0 aliphatic heterocycles. The summed E-state index contributed by atoms with van der Waals surface area (Å²) in [4.78, 5) is 12.4. The number of hydrogen-bond donors (Lipinski definition) is 2. The lowest BCUT2D eigenvalue weighted by Crippen LogP contribution is -2.21. The lowest BCUT2D eigenvalue weighted by atomic mass is 10.0. The monoisotopic (exact) mass is 301 g/mol. The van der Waals surface area contributed by atoms with Gasteiger partial charge in [0.1, 0.15) is 11.6 Å². The lowest BCUT2D eigenvalue weighted by Gasteiger charge is -2.17. The number of nitrogens with zero attached hydrogens (tertiary/aromatic N) is 3. The van der Waals surface area contributed by atoms with Crippen LogP contribution in [0.2, 0.25) is 0 Å². The highest BCUT2D eigenvalue weighted by atomic mass is 16.5. The van der Waals surface area contributed by atoms with Crippen molar-refractivity contribution in [3.05, 3.63) is 35.7 Å². The summed E-state index contributed by atoms with van der Waals surface area (Å²) in [6, 6.07) is 8.45. The van der Waals surface area contributed by atoms with E-state index in [1.165, 1.54) is 5.56 Å². The van der Waals surface area contributed by atoms with Gasteiger partial charge in [-0.3, -0.25) is 0 Å². The van der Waals surface area contributed by atoms with Crippen LogP contribution in [-0.2, 0) is 6.42 Å². The Morgan fingerprint density at radius 3 is 2.50 bits per heavy atom. The third-order valence-electron chi connectivity index (χ3n) is 3.53. The van der Waals surface area contributed by atoms with Crippen molar-refractivity contribution in [2.75, 3.05) is 18.2 Å². The molecule has 0 bridgehead atoms. The summed E-state index contributed by atoms with van der Waals surface area (Å²) in [5.41, 5.74) is 6.94. The third-order valence-corrected chi connectivity index (χ3v) is 3.53. The molecule has 0 spiro atoms. The van der Waals surface area contributed by atoms with E-state index in [0.717, 1.165) is 25.0 Å². The molecule has 118 valence electrons. The van der Waals surface area contributed by atoms with Gasteiger partial charge < -0.3 is 15.8 Å². The molecule has 0 radical (unpaired) electrons. The molecule has 2 rings (SSSR count). The number of rotatable bonds is 7. The Balaban J connectivity index is 1.93. The molecule has 1 unspecified atom stereocenters. The average Bonchev–Trinajstić information content (AvgIpc) is 2.51. The van der Waals surface area contributed by atoms with Gasteiger partial charge in [0.2, 0.25) is 11.9 Å². The van der Waals surface area contributed by atoms with Gasteiger partial charge in [-0.2, -0.15) is 15.0 Å². The Hall–Kier alpha value is -2.37. The van der Waals surface area contributed by atoms with E-state index in [2.05, 4.69) is 39.3 Å². The first-order chi connectivity index (χ1) is 10.6. The van der Waals surface area contributed by atoms with Crippen molar-refractivity contribution in [1.82, 2.24) is 15.0 Å². The SMILES string of the molecule is CCC(CCc1ccc(OC)cc1)Nc1nc(C)nc(N)n1. The Bertz CT molecular complexity index is 580. The maximum Gasteiger partial charge on any atom is 0.227 e. The normalized spacial score (nSPS) is 12.0. The number of nitrogen functional groups attached to an aromatic ring is 1. The van der Waals surface area contributed by atoms with E-state index >= 15 is 0 Å². The predicted octanol–water partition coefficient (Wildman–Crippen LogP) is 2.59. The summed E-state index contributed by atoms with van der Waals surface area (Å²) >= 11 is 0. The van der Waals surface area contributed by atoms with Crippen LogP contribution in [0.15, 0.2) is 24.3 Å². The Morgan fingerprint density at radius 1 is 1.18 bits per heavy atom. The van der Waals surface area contributed by atoms with Crippen molar-refractivity contribution in [2.45, 2.75) is 39.2 Å². The van der Waals surface area contributed by atoms with Crippen LogP contribution in [0.4, 0.5) is 11.9 Å². The number of benzene rings is 1. The Labute approximate surface area is 131 Å². The van der Waals surface area contributed by atoms with Crippen molar-refractivity contribution in [3.8, 4) is 5.75 Å². The zero-order valence-electron chi connectivity index (χ0n) is 13.3. The molecule has 1 aromatic carbocycles. The fraction of sp³-hybridized carbons (Fsp3) is 0.438. The van der Waals surface area contributed by atoms with Crippen molar-refractivity contribution in [2.24, 2.45) is 0 Å². The zero-order valence-corrected chi connectivity index (χ0v) is 13.3. The maximum absolute atomic E-state index is 5.65. The fourth-order valence-electron chi connectivity index (χ4n) is 2.26. The second kappa shape index (κ2) is 7.59. The van der Waals surface area contributed by atoms with Crippen LogP contribution in [0.1, 0.15) is 31.2 Å². The van der Waals surface area contributed by atoms with Crippen molar-refractivity contribution < 1.29 is 4.74 Å². The molecule has 0 saturated carbocycles. The summed E-state index contributed by atoms with van der Waals surface area (Å²) < 4.78 is 5.17. The van der Waals surface area contributed by atoms with Crippen LogP contribution in [0.5, 0.6) is 5.75 Å². The van der Waals surface area contributed by atoms with Gasteiger partial charge in [-0.15, -0.1) is 0 Å². The fourth-order valence-corrected chi connectivity index (χ4v) is 2.26. The minimum Gasteiger partial charge on any atom is -0.497 e. The van der Waals surface area contributed by atoms with E-state index in [4.69, 9.17) is 10.5 Å². The molecule has 0 aliphatic carbocycles. The second-order valence-corrected chi connectivity index (χ2v) is 5.20. The van der Waals surface area contributed by atoms with Crippen molar-refractivity contribution in [3.63, 3.8) is 0 Å². The van der Waals surface area contributed by atoms with E-state index in [9.17, 15) is 0 Å². The van der Waals surface area contributed by atoms with Crippen LogP contribution >= 0.6 is 0 Å². The minimum absolute atomic E-state index is 0.250. The first-order valence-corrected chi connectivity index (χ1v) is 7.48. The molecule has 6 nitrogen and oxygen atoms in total. The van der Waals surface area contributed by atoms with Crippen LogP contribution < -0.4 is 15.8 Å². The molecule has 0 amide bonds. The molecular weight excluding hydrogens is 278 g/mol. The van der Waals surface area contributed by atoms with Gasteiger partial charge in [0.15, 0.2) is 0 Å². The molecule has 2 aromatic rings. The number of ether oxygens (including phenoxy) is 1. The largest absolute Gasteiger partial charge is 0.497 e. The average molecular weight is 301 g/mol. The van der Waals surface area contributed by atoms with Gasteiger partial charge in [0, 0.05) is 6.04 Å². The number of aryl methyl sites for hydroxylation is 2. The van der Waals surface area contributed by atoms with Crippen molar-refractivity contribution in [1.29, 1.82) is 0 Å². The summed E-state index contributed by atoms with van der Waals surface area (Å²) in [7, 11) is 1.68. The van der Waals surface area contributed by atoms with Gasteiger partial charge in [0.05, 0.1) is 7.11 Å². The first-order valence-electron chi connectivity index (χ1n) is 7.48. The second-order valence-electron chi connectivity index (χ2n) is 5.20. The number of aromatic nitrogens is 3. The molecule has 3 N–H and O–H groups in total. The molecule has 1 atom stereocenters. The molecule has 22 heavy (non-hydrogen) atoms. The Morgan fingerprint density at radius 2 is 1.91 bits per heavy atom. The number of anilines is 2. The summed E-state index contributed by atoms with van der Waals surface area (Å²) in [6.07, 6.45) is 2.96. The van der Waals surface area contributed by atoms with Gasteiger partial charge in [-0.25, -0.2) is 0 Å². The number of hydrogen-bond acceptors (Lipinski definition) is 6. The van der Waals surface area contributed by atoms with E-state index < -0.39 is 0 Å². The summed E-state index contributed by atoms with van der Waals surface area (Å²) in [5, 5.41) is 3.34. The van der Waals surface area contributed by atoms with Gasteiger partial charge in [0.25, 0.3) is 0 Å². The molecule has 1 heterocycles. The predicted molar refractivity (Wildman–Crippen MR) is 88.0 cm³/mol. The highest BCUT2D eigenvalue weighted by Crippen LogP contribution is 2.15. The van der Waals surface area contributed by atoms with Crippen molar-refractivity contribution >= 4 is 11.9 Å². The molecular formula is C16H23N5O.